The predicted molar refractivity (Wildman–Crippen MR) is 101 cm³/mol. The van der Waals surface area contributed by atoms with Gasteiger partial charge in [-0.2, -0.15) is 0 Å². The summed E-state index contributed by atoms with van der Waals surface area (Å²) in [6, 6.07) is 29.3. The Hall–Kier alpha value is -3.13. The molecule has 0 saturated heterocycles. The van der Waals surface area contributed by atoms with Crippen LogP contribution >= 0.6 is 0 Å². The van der Waals surface area contributed by atoms with Crippen molar-refractivity contribution in [1.29, 1.82) is 0 Å². The largest absolute Gasteiger partial charge is 0.460 e. The lowest BCUT2D eigenvalue weighted by atomic mass is 9.74. The van der Waals surface area contributed by atoms with Crippen LogP contribution in [0.5, 0.6) is 0 Å². The van der Waals surface area contributed by atoms with Gasteiger partial charge in [0.15, 0.2) is 5.43 Å². The molecule has 0 fully saturated rings. The van der Waals surface area contributed by atoms with Gasteiger partial charge in [-0.25, -0.2) is 0 Å². The van der Waals surface area contributed by atoms with Gasteiger partial charge in [-0.3, -0.25) is 4.79 Å². The van der Waals surface area contributed by atoms with E-state index in [1.54, 1.807) is 12.1 Å². The average molecular weight is 326 g/mol. The SMILES string of the molecule is CC(c1ccccc1)(c1ccccc1)c1cc(=O)c2ccccc2o1. The number of para-hydroxylation sites is 1. The topological polar surface area (TPSA) is 30.2 Å². The van der Waals surface area contributed by atoms with Crippen molar-refractivity contribution in [2.75, 3.05) is 0 Å². The lowest BCUT2D eigenvalue weighted by Gasteiger charge is -2.30. The summed E-state index contributed by atoms with van der Waals surface area (Å²) in [7, 11) is 0. The molecule has 0 aliphatic carbocycles. The molecule has 0 radical (unpaired) electrons. The summed E-state index contributed by atoms with van der Waals surface area (Å²) in [4.78, 5) is 12.6. The van der Waals surface area contributed by atoms with E-state index in [4.69, 9.17) is 4.42 Å². The zero-order chi connectivity index (χ0) is 17.3. The fourth-order valence-electron chi connectivity index (χ4n) is 3.34. The summed E-state index contributed by atoms with van der Waals surface area (Å²) in [6.45, 7) is 2.10. The van der Waals surface area contributed by atoms with E-state index in [9.17, 15) is 4.79 Å². The van der Waals surface area contributed by atoms with E-state index in [1.807, 2.05) is 54.6 Å². The van der Waals surface area contributed by atoms with E-state index in [2.05, 4.69) is 31.2 Å². The Morgan fingerprint density at radius 1 is 0.720 bits per heavy atom. The van der Waals surface area contributed by atoms with Crippen molar-refractivity contribution in [1.82, 2.24) is 0 Å². The van der Waals surface area contributed by atoms with Crippen molar-refractivity contribution in [2.24, 2.45) is 0 Å². The van der Waals surface area contributed by atoms with E-state index in [0.717, 1.165) is 11.1 Å². The minimum atomic E-state index is -0.550. The van der Waals surface area contributed by atoms with Gasteiger partial charge in [0.2, 0.25) is 0 Å². The molecule has 25 heavy (non-hydrogen) atoms. The van der Waals surface area contributed by atoms with Crippen LogP contribution in [-0.2, 0) is 5.41 Å². The second-order valence-electron chi connectivity index (χ2n) is 6.33. The quantitative estimate of drug-likeness (QED) is 0.521. The third-order valence-corrected chi connectivity index (χ3v) is 4.83. The van der Waals surface area contributed by atoms with Crippen molar-refractivity contribution in [3.8, 4) is 0 Å². The highest BCUT2D eigenvalue weighted by Gasteiger charge is 2.34. The van der Waals surface area contributed by atoms with Crippen molar-refractivity contribution < 1.29 is 4.42 Å². The first-order chi connectivity index (χ1) is 12.2. The molecule has 2 heteroatoms. The Labute approximate surface area is 146 Å². The molecule has 122 valence electrons. The molecule has 3 aromatic carbocycles. The smallest absolute Gasteiger partial charge is 0.192 e. The second kappa shape index (κ2) is 6.06. The molecule has 0 amide bonds. The lowest BCUT2D eigenvalue weighted by molar-refractivity contribution is 0.463. The van der Waals surface area contributed by atoms with Gasteiger partial charge in [0.05, 0.1) is 10.8 Å². The van der Waals surface area contributed by atoms with Crippen LogP contribution in [0, 0.1) is 0 Å². The van der Waals surface area contributed by atoms with Gasteiger partial charge in [0.1, 0.15) is 11.3 Å². The number of hydrogen-bond donors (Lipinski definition) is 0. The third-order valence-electron chi connectivity index (χ3n) is 4.83. The zero-order valence-corrected chi connectivity index (χ0v) is 14.0. The second-order valence-corrected chi connectivity index (χ2v) is 6.33. The Kier molecular flexibility index (Phi) is 3.73. The molecule has 0 unspecified atom stereocenters. The van der Waals surface area contributed by atoms with Crippen LogP contribution in [0.1, 0.15) is 23.8 Å². The number of fused-ring (bicyclic) bond motifs is 1. The first-order valence-electron chi connectivity index (χ1n) is 8.34. The van der Waals surface area contributed by atoms with Crippen LogP contribution < -0.4 is 5.43 Å². The van der Waals surface area contributed by atoms with Crippen LogP contribution in [0.2, 0.25) is 0 Å². The fourth-order valence-corrected chi connectivity index (χ4v) is 3.34. The minimum Gasteiger partial charge on any atom is -0.460 e. The normalized spacial score (nSPS) is 11.6. The molecule has 4 aromatic rings. The van der Waals surface area contributed by atoms with Crippen LogP contribution in [0.15, 0.2) is 100 Å². The Bertz CT molecular complexity index is 1020. The van der Waals surface area contributed by atoms with Crippen molar-refractivity contribution in [3.05, 3.63) is 118 Å². The molecule has 0 saturated carbocycles. The van der Waals surface area contributed by atoms with E-state index < -0.39 is 5.41 Å². The molecule has 1 aromatic heterocycles. The fraction of sp³-hybridized carbons (Fsp3) is 0.0870. The Morgan fingerprint density at radius 3 is 1.84 bits per heavy atom. The molecule has 0 bridgehead atoms. The van der Waals surface area contributed by atoms with Crippen molar-refractivity contribution in [3.63, 3.8) is 0 Å². The molecule has 0 aliphatic rings. The van der Waals surface area contributed by atoms with Gasteiger partial charge in [0.25, 0.3) is 0 Å². The highest BCUT2D eigenvalue weighted by molar-refractivity contribution is 5.76. The van der Waals surface area contributed by atoms with Gasteiger partial charge in [-0.05, 0) is 30.2 Å². The maximum Gasteiger partial charge on any atom is 0.192 e. The highest BCUT2D eigenvalue weighted by Crippen LogP contribution is 2.38. The van der Waals surface area contributed by atoms with Crippen LogP contribution in [0.3, 0.4) is 0 Å². The van der Waals surface area contributed by atoms with Crippen molar-refractivity contribution in [2.45, 2.75) is 12.3 Å². The van der Waals surface area contributed by atoms with Gasteiger partial charge in [0, 0.05) is 6.07 Å². The first-order valence-corrected chi connectivity index (χ1v) is 8.34. The van der Waals surface area contributed by atoms with Crippen LogP contribution in [-0.4, -0.2) is 0 Å². The summed E-state index contributed by atoms with van der Waals surface area (Å²) in [5, 5.41) is 0.606. The molecule has 1 heterocycles. The number of benzene rings is 3. The summed E-state index contributed by atoms with van der Waals surface area (Å²) in [5.41, 5.74) is 2.21. The minimum absolute atomic E-state index is 0.0186. The molecular formula is C23H18O2. The van der Waals surface area contributed by atoms with Gasteiger partial charge in [-0.1, -0.05) is 72.8 Å². The molecule has 4 rings (SSSR count). The summed E-state index contributed by atoms with van der Waals surface area (Å²) < 4.78 is 6.22. The van der Waals surface area contributed by atoms with E-state index in [1.165, 1.54) is 0 Å². The zero-order valence-electron chi connectivity index (χ0n) is 14.0. The van der Waals surface area contributed by atoms with E-state index in [0.29, 0.717) is 16.7 Å². The van der Waals surface area contributed by atoms with E-state index in [-0.39, 0.29) is 5.43 Å². The Morgan fingerprint density at radius 2 is 1.24 bits per heavy atom. The molecule has 0 atom stereocenters. The molecule has 0 aliphatic heterocycles. The summed E-state index contributed by atoms with van der Waals surface area (Å²) in [6.07, 6.45) is 0. The summed E-state index contributed by atoms with van der Waals surface area (Å²) in [5.74, 6) is 0.647. The molecule has 2 nitrogen and oxygen atoms in total. The highest BCUT2D eigenvalue weighted by atomic mass is 16.3. The van der Waals surface area contributed by atoms with Crippen molar-refractivity contribution >= 4 is 11.0 Å². The third kappa shape index (κ3) is 2.56. The van der Waals surface area contributed by atoms with E-state index >= 15 is 0 Å². The maximum atomic E-state index is 12.6. The average Bonchev–Trinajstić information content (AvgIpc) is 2.68. The number of rotatable bonds is 3. The molecule has 0 spiro atoms. The van der Waals surface area contributed by atoms with Gasteiger partial charge < -0.3 is 4.42 Å². The van der Waals surface area contributed by atoms with Gasteiger partial charge in [-0.15, -0.1) is 0 Å². The Balaban J connectivity index is 2.04. The monoisotopic (exact) mass is 326 g/mol. The maximum absolute atomic E-state index is 12.6. The van der Waals surface area contributed by atoms with Gasteiger partial charge >= 0.3 is 0 Å². The standard InChI is InChI=1S/C23H18O2/c1-23(17-10-4-2-5-11-17,18-12-6-3-7-13-18)22-16-20(24)19-14-8-9-15-21(19)25-22/h2-16H,1H3. The number of hydrogen-bond acceptors (Lipinski definition) is 2. The van der Waals surface area contributed by atoms with Crippen LogP contribution in [0.4, 0.5) is 0 Å². The lowest BCUT2D eigenvalue weighted by Crippen LogP contribution is -2.26. The predicted octanol–water partition coefficient (Wildman–Crippen LogP) is 5.15. The summed E-state index contributed by atoms with van der Waals surface area (Å²) >= 11 is 0. The molecule has 0 N–H and O–H groups in total. The molecular weight excluding hydrogens is 308 g/mol. The first kappa shape index (κ1) is 15.4. The van der Waals surface area contributed by atoms with Crippen LogP contribution in [0.25, 0.3) is 11.0 Å².